The molecule has 120 valence electrons. The first-order chi connectivity index (χ1) is 9.34. The number of nitrogens with two attached hydrogens (primary N) is 1. The third kappa shape index (κ3) is 3.77. The van der Waals surface area contributed by atoms with Crippen LogP contribution in [0.25, 0.3) is 0 Å². The van der Waals surface area contributed by atoms with E-state index in [1.54, 1.807) is 6.20 Å². The van der Waals surface area contributed by atoms with Gasteiger partial charge in [-0.2, -0.15) is 5.10 Å². The van der Waals surface area contributed by atoms with E-state index in [0.29, 0.717) is 18.0 Å². The fourth-order valence-corrected chi connectivity index (χ4v) is 3.06. The predicted molar refractivity (Wildman–Crippen MR) is 86.9 cm³/mol. The van der Waals surface area contributed by atoms with Crippen molar-refractivity contribution in [3.05, 3.63) is 17.5 Å². The van der Waals surface area contributed by atoms with Gasteiger partial charge in [-0.1, -0.05) is 6.42 Å². The Bertz CT molecular complexity index is 492. The molecule has 0 aromatic carbocycles. The molecule has 1 aliphatic rings. The van der Waals surface area contributed by atoms with Crippen molar-refractivity contribution in [3.8, 4) is 0 Å². The van der Waals surface area contributed by atoms with Crippen LogP contribution in [0.2, 0.25) is 0 Å². The molecule has 1 amide bonds. The number of carbonyl (C=O) groups excluding carboxylic acids is 1. The van der Waals surface area contributed by atoms with E-state index in [9.17, 15) is 4.79 Å². The van der Waals surface area contributed by atoms with Gasteiger partial charge in [-0.3, -0.25) is 9.48 Å². The maximum Gasteiger partial charge on any atom is 0.254 e. The second-order valence-electron chi connectivity index (χ2n) is 6.73. The van der Waals surface area contributed by atoms with Gasteiger partial charge in [0.05, 0.1) is 17.3 Å². The van der Waals surface area contributed by atoms with Crippen LogP contribution in [0.1, 0.15) is 56.1 Å². The molecular formula is C15H27ClN4O. The number of hydrogen-bond donors (Lipinski definition) is 2. The molecule has 1 fully saturated rings. The van der Waals surface area contributed by atoms with E-state index in [-0.39, 0.29) is 29.9 Å². The zero-order chi connectivity index (χ0) is 14.9. The standard InChI is InChI=1S/C15H26N4O.ClH/c1-10-12(9-17-19(10)15(2,3)4)14(20)18-13-7-5-6-11(13)8-16;/h9,11,13H,5-8,16H2,1-4H3,(H,18,20);1H. The van der Waals surface area contributed by atoms with Gasteiger partial charge in [0.15, 0.2) is 0 Å². The monoisotopic (exact) mass is 314 g/mol. The van der Waals surface area contributed by atoms with Gasteiger partial charge >= 0.3 is 0 Å². The number of aromatic nitrogens is 2. The Morgan fingerprint density at radius 3 is 2.67 bits per heavy atom. The summed E-state index contributed by atoms with van der Waals surface area (Å²) in [6.45, 7) is 8.83. The van der Waals surface area contributed by atoms with Gasteiger partial charge in [0.1, 0.15) is 0 Å². The quantitative estimate of drug-likeness (QED) is 0.898. The number of halogens is 1. The van der Waals surface area contributed by atoms with E-state index >= 15 is 0 Å². The molecule has 1 aliphatic carbocycles. The molecule has 1 saturated carbocycles. The third-order valence-electron chi connectivity index (χ3n) is 4.17. The largest absolute Gasteiger partial charge is 0.349 e. The van der Waals surface area contributed by atoms with Gasteiger partial charge in [-0.15, -0.1) is 12.4 Å². The van der Waals surface area contributed by atoms with Crippen molar-refractivity contribution in [2.45, 2.75) is 58.5 Å². The van der Waals surface area contributed by atoms with Crippen LogP contribution in [0.3, 0.4) is 0 Å². The van der Waals surface area contributed by atoms with Crippen LogP contribution in [0.4, 0.5) is 0 Å². The molecule has 2 atom stereocenters. The average Bonchev–Trinajstić information content (AvgIpc) is 2.94. The van der Waals surface area contributed by atoms with Crippen LogP contribution in [-0.2, 0) is 5.54 Å². The average molecular weight is 315 g/mol. The van der Waals surface area contributed by atoms with E-state index in [1.807, 2.05) is 11.6 Å². The normalized spacial score (nSPS) is 22.0. The van der Waals surface area contributed by atoms with Crippen molar-refractivity contribution >= 4 is 18.3 Å². The predicted octanol–water partition coefficient (Wildman–Crippen LogP) is 2.23. The summed E-state index contributed by atoms with van der Waals surface area (Å²) in [5.41, 5.74) is 7.23. The summed E-state index contributed by atoms with van der Waals surface area (Å²) in [5, 5.41) is 7.48. The fourth-order valence-electron chi connectivity index (χ4n) is 3.06. The summed E-state index contributed by atoms with van der Waals surface area (Å²) >= 11 is 0. The summed E-state index contributed by atoms with van der Waals surface area (Å²) < 4.78 is 1.90. The van der Waals surface area contributed by atoms with Gasteiger partial charge < -0.3 is 11.1 Å². The highest BCUT2D eigenvalue weighted by Gasteiger charge is 2.29. The number of nitrogens with one attached hydrogen (secondary N) is 1. The number of rotatable bonds is 3. The Morgan fingerprint density at radius 1 is 1.48 bits per heavy atom. The summed E-state index contributed by atoms with van der Waals surface area (Å²) in [4.78, 5) is 12.4. The van der Waals surface area contributed by atoms with E-state index < -0.39 is 0 Å². The molecule has 2 rings (SSSR count). The van der Waals surface area contributed by atoms with E-state index in [0.717, 1.165) is 25.0 Å². The Kier molecular flexibility index (Phi) is 5.82. The molecule has 1 aromatic rings. The van der Waals surface area contributed by atoms with Gasteiger partial charge in [0.2, 0.25) is 0 Å². The molecule has 0 radical (unpaired) electrons. The SMILES string of the molecule is Cc1c(C(=O)NC2CCCC2CN)cnn1C(C)(C)C.Cl. The van der Waals surface area contributed by atoms with Crippen LogP contribution in [0, 0.1) is 12.8 Å². The molecular weight excluding hydrogens is 288 g/mol. The van der Waals surface area contributed by atoms with Crippen LogP contribution < -0.4 is 11.1 Å². The van der Waals surface area contributed by atoms with Crippen molar-refractivity contribution in [2.75, 3.05) is 6.54 Å². The van der Waals surface area contributed by atoms with Gasteiger partial charge in [0.25, 0.3) is 5.91 Å². The second kappa shape index (κ2) is 6.79. The van der Waals surface area contributed by atoms with Crippen molar-refractivity contribution in [1.82, 2.24) is 15.1 Å². The highest BCUT2D eigenvalue weighted by atomic mass is 35.5. The minimum atomic E-state index is -0.115. The van der Waals surface area contributed by atoms with E-state index in [4.69, 9.17) is 5.73 Å². The third-order valence-corrected chi connectivity index (χ3v) is 4.17. The Morgan fingerprint density at radius 2 is 2.14 bits per heavy atom. The number of nitrogens with zero attached hydrogens (tertiary/aromatic N) is 2. The zero-order valence-electron chi connectivity index (χ0n) is 13.3. The Hall–Kier alpha value is -1.07. The van der Waals surface area contributed by atoms with Crippen LogP contribution in [-0.4, -0.2) is 28.3 Å². The van der Waals surface area contributed by atoms with E-state index in [2.05, 4.69) is 31.2 Å². The summed E-state index contributed by atoms with van der Waals surface area (Å²) in [6, 6.07) is 0.213. The number of carbonyl (C=O) groups is 1. The molecule has 2 unspecified atom stereocenters. The molecule has 21 heavy (non-hydrogen) atoms. The lowest BCUT2D eigenvalue weighted by molar-refractivity contribution is 0.0928. The minimum Gasteiger partial charge on any atom is -0.349 e. The molecule has 1 aromatic heterocycles. The van der Waals surface area contributed by atoms with Crippen molar-refractivity contribution < 1.29 is 4.79 Å². The van der Waals surface area contributed by atoms with Gasteiger partial charge in [0, 0.05) is 11.7 Å². The Labute approximate surface area is 133 Å². The van der Waals surface area contributed by atoms with Gasteiger partial charge in [-0.25, -0.2) is 0 Å². The lowest BCUT2D eigenvalue weighted by Crippen LogP contribution is -2.40. The first-order valence-electron chi connectivity index (χ1n) is 7.40. The molecule has 0 aliphatic heterocycles. The maximum atomic E-state index is 12.4. The highest BCUT2D eigenvalue weighted by molar-refractivity contribution is 5.95. The molecule has 0 bridgehead atoms. The Balaban J connectivity index is 0.00000220. The molecule has 0 saturated heterocycles. The summed E-state index contributed by atoms with van der Waals surface area (Å²) in [6.07, 6.45) is 4.96. The van der Waals surface area contributed by atoms with Crippen molar-refractivity contribution in [3.63, 3.8) is 0 Å². The van der Waals surface area contributed by atoms with Crippen molar-refractivity contribution in [1.29, 1.82) is 0 Å². The smallest absolute Gasteiger partial charge is 0.254 e. The molecule has 1 heterocycles. The fraction of sp³-hybridized carbons (Fsp3) is 0.733. The molecule has 0 spiro atoms. The molecule has 3 N–H and O–H groups in total. The first kappa shape index (κ1) is 18.0. The van der Waals surface area contributed by atoms with Gasteiger partial charge in [-0.05, 0) is 53.0 Å². The summed E-state index contributed by atoms with van der Waals surface area (Å²) in [7, 11) is 0. The molecule has 6 heteroatoms. The summed E-state index contributed by atoms with van der Waals surface area (Å²) in [5.74, 6) is 0.389. The first-order valence-corrected chi connectivity index (χ1v) is 7.40. The van der Waals surface area contributed by atoms with Crippen LogP contribution in [0.5, 0.6) is 0 Å². The van der Waals surface area contributed by atoms with Crippen LogP contribution in [0.15, 0.2) is 6.20 Å². The maximum absolute atomic E-state index is 12.4. The lowest BCUT2D eigenvalue weighted by Gasteiger charge is -2.22. The lowest BCUT2D eigenvalue weighted by atomic mass is 10.0. The van der Waals surface area contributed by atoms with Crippen LogP contribution >= 0.6 is 12.4 Å². The highest BCUT2D eigenvalue weighted by Crippen LogP contribution is 2.25. The topological polar surface area (TPSA) is 72.9 Å². The zero-order valence-corrected chi connectivity index (χ0v) is 14.2. The van der Waals surface area contributed by atoms with Crippen molar-refractivity contribution in [2.24, 2.45) is 11.7 Å². The molecule has 5 nitrogen and oxygen atoms in total. The number of amides is 1. The minimum absolute atomic E-state index is 0. The second-order valence-corrected chi connectivity index (χ2v) is 6.73. The number of hydrogen-bond acceptors (Lipinski definition) is 3. The van der Waals surface area contributed by atoms with E-state index in [1.165, 1.54) is 0 Å².